The molecular weight excluding hydrogens is 226 g/mol. The lowest BCUT2D eigenvalue weighted by atomic mass is 9.82. The Kier molecular flexibility index (Phi) is 2.80. The molecular formula is C15H17NO2. The first kappa shape index (κ1) is 11.6. The molecule has 0 spiro atoms. The van der Waals surface area contributed by atoms with E-state index < -0.39 is 5.60 Å². The molecule has 3 nitrogen and oxygen atoms in total. The minimum atomic E-state index is -0.791. The van der Waals surface area contributed by atoms with Gasteiger partial charge in [-0.25, -0.2) is 0 Å². The van der Waals surface area contributed by atoms with Gasteiger partial charge in [0.15, 0.2) is 0 Å². The SMILES string of the molecule is CC1CC(O)(c2cccc3ccncc23)CCO1. The lowest BCUT2D eigenvalue weighted by Crippen LogP contribution is -2.37. The van der Waals surface area contributed by atoms with Gasteiger partial charge in [-0.1, -0.05) is 18.2 Å². The molecule has 94 valence electrons. The number of fused-ring (bicyclic) bond motifs is 1. The van der Waals surface area contributed by atoms with E-state index in [1.54, 1.807) is 6.20 Å². The van der Waals surface area contributed by atoms with Crippen molar-refractivity contribution in [1.29, 1.82) is 0 Å². The number of benzene rings is 1. The fourth-order valence-corrected chi connectivity index (χ4v) is 2.83. The summed E-state index contributed by atoms with van der Waals surface area (Å²) in [5, 5.41) is 13.1. The van der Waals surface area contributed by atoms with E-state index in [2.05, 4.69) is 4.98 Å². The molecule has 1 fully saturated rings. The molecule has 1 saturated heterocycles. The third-order valence-corrected chi connectivity index (χ3v) is 3.73. The van der Waals surface area contributed by atoms with Crippen LogP contribution in [-0.2, 0) is 10.3 Å². The van der Waals surface area contributed by atoms with E-state index in [-0.39, 0.29) is 6.10 Å². The number of pyridine rings is 1. The second kappa shape index (κ2) is 4.34. The van der Waals surface area contributed by atoms with Crippen molar-refractivity contribution in [3.8, 4) is 0 Å². The molecule has 0 aliphatic carbocycles. The summed E-state index contributed by atoms with van der Waals surface area (Å²) in [4.78, 5) is 4.18. The normalized spacial score (nSPS) is 28.4. The zero-order valence-corrected chi connectivity index (χ0v) is 10.5. The predicted molar refractivity (Wildman–Crippen MR) is 70.3 cm³/mol. The fourth-order valence-electron chi connectivity index (χ4n) is 2.83. The molecule has 18 heavy (non-hydrogen) atoms. The molecule has 2 aromatic rings. The Morgan fingerprint density at radius 1 is 1.39 bits per heavy atom. The zero-order valence-electron chi connectivity index (χ0n) is 10.5. The number of ether oxygens (including phenoxy) is 1. The third-order valence-electron chi connectivity index (χ3n) is 3.73. The van der Waals surface area contributed by atoms with E-state index in [1.807, 2.05) is 37.4 Å². The van der Waals surface area contributed by atoms with E-state index in [4.69, 9.17) is 4.74 Å². The van der Waals surface area contributed by atoms with Gasteiger partial charge in [-0.15, -0.1) is 0 Å². The van der Waals surface area contributed by atoms with Gasteiger partial charge < -0.3 is 9.84 Å². The Morgan fingerprint density at radius 3 is 3.11 bits per heavy atom. The standard InChI is InChI=1S/C15H17NO2/c1-11-9-15(17,6-8-18-11)14-4-2-3-12-5-7-16-10-13(12)14/h2-5,7,10-11,17H,6,8-9H2,1H3. The van der Waals surface area contributed by atoms with E-state index in [9.17, 15) is 5.11 Å². The molecule has 0 radical (unpaired) electrons. The molecule has 1 aliphatic heterocycles. The van der Waals surface area contributed by atoms with Crippen molar-refractivity contribution in [3.63, 3.8) is 0 Å². The molecule has 1 aliphatic rings. The summed E-state index contributed by atoms with van der Waals surface area (Å²) in [7, 11) is 0. The maximum Gasteiger partial charge on any atom is 0.0949 e. The lowest BCUT2D eigenvalue weighted by Gasteiger charge is -2.36. The Morgan fingerprint density at radius 2 is 2.28 bits per heavy atom. The molecule has 0 bridgehead atoms. The molecule has 2 atom stereocenters. The second-order valence-electron chi connectivity index (χ2n) is 5.07. The number of rotatable bonds is 1. The minimum absolute atomic E-state index is 0.0932. The van der Waals surface area contributed by atoms with E-state index in [0.717, 1.165) is 16.3 Å². The lowest BCUT2D eigenvalue weighted by molar-refractivity contribution is -0.101. The van der Waals surface area contributed by atoms with Gasteiger partial charge in [0, 0.05) is 30.6 Å². The van der Waals surface area contributed by atoms with Crippen LogP contribution in [0.4, 0.5) is 0 Å². The minimum Gasteiger partial charge on any atom is -0.385 e. The third kappa shape index (κ3) is 1.89. The van der Waals surface area contributed by atoms with Crippen LogP contribution in [0.15, 0.2) is 36.7 Å². The maximum absolute atomic E-state index is 10.9. The van der Waals surface area contributed by atoms with Gasteiger partial charge in [-0.2, -0.15) is 0 Å². The van der Waals surface area contributed by atoms with Crippen LogP contribution in [0.5, 0.6) is 0 Å². The van der Waals surface area contributed by atoms with Crippen LogP contribution in [0, 0.1) is 0 Å². The van der Waals surface area contributed by atoms with Gasteiger partial charge in [0.25, 0.3) is 0 Å². The monoisotopic (exact) mass is 243 g/mol. The first-order chi connectivity index (χ1) is 8.69. The number of hydrogen-bond acceptors (Lipinski definition) is 3. The van der Waals surface area contributed by atoms with Crippen LogP contribution in [0.1, 0.15) is 25.3 Å². The van der Waals surface area contributed by atoms with Crippen molar-refractivity contribution in [1.82, 2.24) is 4.98 Å². The first-order valence-electron chi connectivity index (χ1n) is 6.36. The smallest absolute Gasteiger partial charge is 0.0949 e. The molecule has 1 aromatic carbocycles. The van der Waals surface area contributed by atoms with Crippen molar-refractivity contribution in [2.75, 3.05) is 6.61 Å². The molecule has 2 heterocycles. The summed E-state index contributed by atoms with van der Waals surface area (Å²) in [6, 6.07) is 8.02. The highest BCUT2D eigenvalue weighted by molar-refractivity contribution is 5.85. The molecule has 1 N–H and O–H groups in total. The Bertz CT molecular complexity index is 564. The van der Waals surface area contributed by atoms with Gasteiger partial charge in [-0.3, -0.25) is 4.98 Å². The van der Waals surface area contributed by atoms with Crippen molar-refractivity contribution in [2.45, 2.75) is 31.5 Å². The fraction of sp³-hybridized carbons (Fsp3) is 0.400. The van der Waals surface area contributed by atoms with Gasteiger partial charge in [0.1, 0.15) is 0 Å². The van der Waals surface area contributed by atoms with Crippen molar-refractivity contribution in [3.05, 3.63) is 42.2 Å². The largest absolute Gasteiger partial charge is 0.385 e. The summed E-state index contributed by atoms with van der Waals surface area (Å²) < 4.78 is 5.53. The summed E-state index contributed by atoms with van der Waals surface area (Å²) in [5.74, 6) is 0. The maximum atomic E-state index is 10.9. The molecule has 3 rings (SSSR count). The number of aliphatic hydroxyl groups is 1. The Balaban J connectivity index is 2.13. The quantitative estimate of drug-likeness (QED) is 0.837. The van der Waals surface area contributed by atoms with Gasteiger partial charge >= 0.3 is 0 Å². The van der Waals surface area contributed by atoms with Gasteiger partial charge in [0.2, 0.25) is 0 Å². The Hall–Kier alpha value is -1.45. The summed E-state index contributed by atoms with van der Waals surface area (Å²) in [6.07, 6.45) is 4.99. The van der Waals surface area contributed by atoms with Gasteiger partial charge in [0.05, 0.1) is 18.3 Å². The average molecular weight is 243 g/mol. The van der Waals surface area contributed by atoms with Crippen LogP contribution in [0.2, 0.25) is 0 Å². The number of hydrogen-bond donors (Lipinski definition) is 1. The summed E-state index contributed by atoms with van der Waals surface area (Å²) >= 11 is 0. The van der Waals surface area contributed by atoms with E-state index in [1.165, 1.54) is 0 Å². The van der Waals surface area contributed by atoms with Crippen LogP contribution in [0.3, 0.4) is 0 Å². The van der Waals surface area contributed by atoms with Gasteiger partial charge in [-0.05, 0) is 23.9 Å². The van der Waals surface area contributed by atoms with E-state index in [0.29, 0.717) is 19.4 Å². The summed E-state index contributed by atoms with van der Waals surface area (Å²) in [5.41, 5.74) is 0.184. The predicted octanol–water partition coefficient (Wildman–Crippen LogP) is 2.62. The Labute approximate surface area is 106 Å². The highest BCUT2D eigenvalue weighted by Crippen LogP contribution is 2.37. The molecule has 1 aromatic heterocycles. The number of aromatic nitrogens is 1. The zero-order chi connectivity index (χ0) is 12.6. The second-order valence-corrected chi connectivity index (χ2v) is 5.07. The first-order valence-corrected chi connectivity index (χ1v) is 6.36. The van der Waals surface area contributed by atoms with Crippen LogP contribution >= 0.6 is 0 Å². The van der Waals surface area contributed by atoms with Crippen molar-refractivity contribution >= 4 is 10.8 Å². The highest BCUT2D eigenvalue weighted by Gasteiger charge is 2.36. The van der Waals surface area contributed by atoms with E-state index >= 15 is 0 Å². The number of nitrogens with zero attached hydrogens (tertiary/aromatic N) is 1. The van der Waals surface area contributed by atoms with Crippen LogP contribution < -0.4 is 0 Å². The highest BCUT2D eigenvalue weighted by atomic mass is 16.5. The topological polar surface area (TPSA) is 42.4 Å². The van der Waals surface area contributed by atoms with Crippen molar-refractivity contribution in [2.24, 2.45) is 0 Å². The average Bonchev–Trinajstić information content (AvgIpc) is 2.38. The summed E-state index contributed by atoms with van der Waals surface area (Å²) in [6.45, 7) is 2.61. The molecule has 0 amide bonds. The molecule has 0 saturated carbocycles. The van der Waals surface area contributed by atoms with Crippen molar-refractivity contribution < 1.29 is 9.84 Å². The molecule has 3 heteroatoms. The van der Waals surface area contributed by atoms with Crippen LogP contribution in [-0.4, -0.2) is 22.8 Å². The molecule has 2 unspecified atom stereocenters. The van der Waals surface area contributed by atoms with Crippen LogP contribution in [0.25, 0.3) is 10.8 Å².